The van der Waals surface area contributed by atoms with Gasteiger partial charge < -0.3 is 10.2 Å². The van der Waals surface area contributed by atoms with Gasteiger partial charge in [-0.25, -0.2) is 9.37 Å². The van der Waals surface area contributed by atoms with E-state index in [4.69, 9.17) is 0 Å². The van der Waals surface area contributed by atoms with E-state index < -0.39 is 0 Å². The maximum Gasteiger partial charge on any atom is 0.251 e. The fourth-order valence-corrected chi connectivity index (χ4v) is 5.29. The van der Waals surface area contributed by atoms with E-state index in [0.29, 0.717) is 23.3 Å². The first-order chi connectivity index (χ1) is 16.5. The van der Waals surface area contributed by atoms with E-state index in [1.165, 1.54) is 22.3 Å². The zero-order valence-electron chi connectivity index (χ0n) is 18.5. The molecule has 10 heteroatoms. The molecule has 1 aromatic heterocycles. The minimum absolute atomic E-state index is 0.194. The number of carbonyl (C=O) groups is 3. The molecule has 2 aliphatic heterocycles. The molecule has 34 heavy (non-hydrogen) atoms. The van der Waals surface area contributed by atoms with Crippen LogP contribution in [0.1, 0.15) is 23.2 Å². The quantitative estimate of drug-likeness (QED) is 0.545. The molecule has 0 spiro atoms. The highest BCUT2D eigenvalue weighted by molar-refractivity contribution is 7.22. The minimum Gasteiger partial charge on any atom is -0.351 e. The number of thiazole rings is 1. The molecule has 3 amide bonds. The van der Waals surface area contributed by atoms with Gasteiger partial charge in [0.15, 0.2) is 5.13 Å². The van der Waals surface area contributed by atoms with Gasteiger partial charge in [0.25, 0.3) is 5.91 Å². The number of hydrogen-bond donors (Lipinski definition) is 1. The number of nitrogens with one attached hydrogen (secondary N) is 1. The van der Waals surface area contributed by atoms with Gasteiger partial charge in [-0.15, -0.1) is 0 Å². The Morgan fingerprint density at radius 3 is 2.38 bits per heavy atom. The Kier molecular flexibility index (Phi) is 6.25. The van der Waals surface area contributed by atoms with Gasteiger partial charge in [-0.05, 0) is 36.4 Å². The fraction of sp³-hybridized carbons (Fsp3) is 0.333. The van der Waals surface area contributed by atoms with Crippen LogP contribution in [0.25, 0.3) is 10.2 Å². The highest BCUT2D eigenvalue weighted by Gasteiger charge is 2.30. The Morgan fingerprint density at radius 2 is 1.71 bits per heavy atom. The maximum absolute atomic E-state index is 13.9. The van der Waals surface area contributed by atoms with Crippen molar-refractivity contribution in [2.45, 2.75) is 12.8 Å². The van der Waals surface area contributed by atoms with Gasteiger partial charge in [0, 0.05) is 57.7 Å². The summed E-state index contributed by atoms with van der Waals surface area (Å²) in [5, 5.41) is 3.77. The molecule has 2 aliphatic rings. The number of benzene rings is 2. The predicted octanol–water partition coefficient (Wildman–Crippen LogP) is 2.64. The van der Waals surface area contributed by atoms with Gasteiger partial charge in [-0.1, -0.05) is 17.4 Å². The molecule has 5 rings (SSSR count). The number of hydrogen-bond acceptors (Lipinski definition) is 7. The summed E-state index contributed by atoms with van der Waals surface area (Å²) in [5.41, 5.74) is 1.41. The van der Waals surface area contributed by atoms with Gasteiger partial charge in [0.1, 0.15) is 11.3 Å². The molecule has 8 nitrogen and oxygen atoms in total. The normalized spacial score (nSPS) is 17.1. The van der Waals surface area contributed by atoms with E-state index >= 15 is 0 Å². The van der Waals surface area contributed by atoms with Gasteiger partial charge in [0.2, 0.25) is 11.8 Å². The Labute approximate surface area is 200 Å². The summed E-state index contributed by atoms with van der Waals surface area (Å²) in [6.45, 7) is 4.50. The number of amides is 3. The summed E-state index contributed by atoms with van der Waals surface area (Å²) >= 11 is 1.51. The standard InChI is InChI=1S/C24H24FN5O3S/c25-18-2-1-3-19-22(18)27-24(34-19)29-14-12-28(13-15-29)11-10-26-23(33)16-4-6-17(7-5-16)30-20(31)8-9-21(30)32/h1-7H,8-15H2,(H,26,33). The van der Waals surface area contributed by atoms with E-state index in [9.17, 15) is 18.8 Å². The van der Waals surface area contributed by atoms with Crippen molar-refractivity contribution < 1.29 is 18.8 Å². The van der Waals surface area contributed by atoms with Crippen LogP contribution in [0.5, 0.6) is 0 Å². The zero-order chi connectivity index (χ0) is 23.7. The number of aromatic nitrogens is 1. The average molecular weight is 482 g/mol. The lowest BCUT2D eigenvalue weighted by Crippen LogP contribution is -2.48. The molecule has 0 aliphatic carbocycles. The SMILES string of the molecule is O=C(NCCN1CCN(c2nc3c(F)cccc3s2)CC1)c1ccc(N2C(=O)CCC2=O)cc1. The predicted molar refractivity (Wildman–Crippen MR) is 129 cm³/mol. The summed E-state index contributed by atoms with van der Waals surface area (Å²) in [5.74, 6) is -0.905. The summed E-state index contributed by atoms with van der Waals surface area (Å²) in [7, 11) is 0. The van der Waals surface area contributed by atoms with Crippen LogP contribution in [0.4, 0.5) is 15.2 Å². The average Bonchev–Trinajstić information content (AvgIpc) is 3.43. The van der Waals surface area contributed by atoms with Crippen molar-refractivity contribution in [3.05, 3.63) is 53.8 Å². The lowest BCUT2D eigenvalue weighted by atomic mass is 10.2. The fourth-order valence-electron chi connectivity index (χ4n) is 4.26. The highest BCUT2D eigenvalue weighted by atomic mass is 32.1. The van der Waals surface area contributed by atoms with E-state index in [2.05, 4.69) is 20.1 Å². The number of rotatable bonds is 6. The van der Waals surface area contributed by atoms with E-state index in [0.717, 1.165) is 42.6 Å². The lowest BCUT2D eigenvalue weighted by Gasteiger charge is -2.34. The largest absolute Gasteiger partial charge is 0.351 e. The molecule has 3 aromatic rings. The first-order valence-corrected chi connectivity index (χ1v) is 12.1. The molecule has 0 unspecified atom stereocenters. The van der Waals surface area contributed by atoms with Crippen LogP contribution in [-0.4, -0.2) is 66.9 Å². The monoisotopic (exact) mass is 481 g/mol. The zero-order valence-corrected chi connectivity index (χ0v) is 19.3. The number of fused-ring (bicyclic) bond motifs is 1. The van der Waals surface area contributed by atoms with Crippen molar-refractivity contribution in [1.29, 1.82) is 0 Å². The molecule has 2 saturated heterocycles. The van der Waals surface area contributed by atoms with Crippen molar-refractivity contribution in [1.82, 2.24) is 15.2 Å². The number of halogens is 1. The molecule has 2 aromatic carbocycles. The van der Waals surface area contributed by atoms with Crippen LogP contribution in [0.2, 0.25) is 0 Å². The third-order valence-corrected chi connectivity index (χ3v) is 7.24. The molecular weight excluding hydrogens is 457 g/mol. The summed E-state index contributed by atoms with van der Waals surface area (Å²) in [6, 6.07) is 11.5. The molecule has 1 N–H and O–H groups in total. The Balaban J connectivity index is 1.08. The van der Waals surface area contributed by atoms with Crippen LogP contribution < -0.4 is 15.1 Å². The van der Waals surface area contributed by atoms with Crippen molar-refractivity contribution in [3.8, 4) is 0 Å². The van der Waals surface area contributed by atoms with Crippen molar-refractivity contribution >= 4 is 50.1 Å². The van der Waals surface area contributed by atoms with Crippen LogP contribution in [0.3, 0.4) is 0 Å². The van der Waals surface area contributed by atoms with Crippen molar-refractivity contribution in [2.75, 3.05) is 49.1 Å². The van der Waals surface area contributed by atoms with E-state index in [-0.39, 0.29) is 36.4 Å². The second-order valence-electron chi connectivity index (χ2n) is 8.34. The van der Waals surface area contributed by atoms with E-state index in [1.54, 1.807) is 30.3 Å². The molecule has 0 saturated carbocycles. The first-order valence-electron chi connectivity index (χ1n) is 11.3. The summed E-state index contributed by atoms with van der Waals surface area (Å²) in [4.78, 5) is 46.3. The molecule has 3 heterocycles. The number of piperazine rings is 1. The number of carbonyl (C=O) groups excluding carboxylic acids is 3. The Morgan fingerprint density at radius 1 is 1.00 bits per heavy atom. The number of anilines is 2. The van der Waals surface area contributed by atoms with Crippen molar-refractivity contribution in [3.63, 3.8) is 0 Å². The molecular formula is C24H24FN5O3S. The smallest absolute Gasteiger partial charge is 0.251 e. The molecule has 0 bridgehead atoms. The van der Waals surface area contributed by atoms with E-state index in [1.807, 2.05) is 6.07 Å². The molecule has 0 radical (unpaired) electrons. The second kappa shape index (κ2) is 9.47. The molecule has 176 valence electrons. The van der Waals surface area contributed by atoms with Crippen LogP contribution in [0, 0.1) is 5.82 Å². The van der Waals surface area contributed by atoms with Gasteiger partial charge in [-0.3, -0.25) is 24.2 Å². The van der Waals surface area contributed by atoms with Crippen LogP contribution in [0.15, 0.2) is 42.5 Å². The van der Waals surface area contributed by atoms with Gasteiger partial charge >= 0.3 is 0 Å². The highest BCUT2D eigenvalue weighted by Crippen LogP contribution is 2.30. The van der Waals surface area contributed by atoms with Gasteiger partial charge in [0.05, 0.1) is 10.4 Å². The lowest BCUT2D eigenvalue weighted by molar-refractivity contribution is -0.121. The summed E-state index contributed by atoms with van der Waals surface area (Å²) in [6.07, 6.45) is 0.461. The minimum atomic E-state index is -0.290. The Hall–Kier alpha value is -3.37. The number of imide groups is 1. The third-order valence-electron chi connectivity index (χ3n) is 6.15. The third kappa shape index (κ3) is 4.51. The number of para-hydroxylation sites is 1. The summed E-state index contributed by atoms with van der Waals surface area (Å²) < 4.78 is 14.8. The Bertz CT molecular complexity index is 1220. The van der Waals surface area contributed by atoms with Crippen molar-refractivity contribution in [2.24, 2.45) is 0 Å². The second-order valence-corrected chi connectivity index (χ2v) is 9.35. The topological polar surface area (TPSA) is 85.8 Å². The maximum atomic E-state index is 13.9. The molecule has 2 fully saturated rings. The number of nitrogens with zero attached hydrogens (tertiary/aromatic N) is 4. The first kappa shape index (κ1) is 22.4. The van der Waals surface area contributed by atoms with Gasteiger partial charge in [-0.2, -0.15) is 0 Å². The van der Waals surface area contributed by atoms with Crippen LogP contribution >= 0.6 is 11.3 Å². The van der Waals surface area contributed by atoms with Crippen LogP contribution in [-0.2, 0) is 9.59 Å². The molecule has 0 atom stereocenters.